The maximum Gasteiger partial charge on any atom is 0.228 e. The van der Waals surface area contributed by atoms with E-state index in [9.17, 15) is 9.18 Å². The van der Waals surface area contributed by atoms with Gasteiger partial charge in [-0.25, -0.2) is 9.37 Å². The van der Waals surface area contributed by atoms with Crippen LogP contribution in [0.1, 0.15) is 18.9 Å². The Labute approximate surface area is 144 Å². The molecule has 6 heteroatoms. The minimum atomic E-state index is -0.919. The molecule has 4 rings (SSSR count). The van der Waals surface area contributed by atoms with E-state index in [0.29, 0.717) is 17.9 Å². The molecule has 5 nitrogen and oxygen atoms in total. The summed E-state index contributed by atoms with van der Waals surface area (Å²) in [6, 6.07) is 9.19. The average molecular weight is 339 g/mol. The smallest absolute Gasteiger partial charge is 0.228 e. The van der Waals surface area contributed by atoms with Crippen molar-refractivity contribution in [2.24, 2.45) is 0 Å². The number of alkyl halides is 1. The summed E-state index contributed by atoms with van der Waals surface area (Å²) >= 11 is 0. The number of likely N-dealkylation sites (tertiary alicyclic amines) is 1. The maximum atomic E-state index is 13.5. The van der Waals surface area contributed by atoms with Crippen molar-refractivity contribution in [2.75, 3.05) is 6.54 Å². The second kappa shape index (κ2) is 6.27. The SMILES string of the molecule is C[C@@H]1C[C@H](F)CN1C(=O)Cc1ccc2nc(-c3cccnc3)oc2c1. The lowest BCUT2D eigenvalue weighted by Gasteiger charge is -2.20. The van der Waals surface area contributed by atoms with Crippen LogP contribution in [0.4, 0.5) is 4.39 Å². The van der Waals surface area contributed by atoms with Crippen LogP contribution >= 0.6 is 0 Å². The maximum absolute atomic E-state index is 13.5. The highest BCUT2D eigenvalue weighted by molar-refractivity contribution is 5.82. The molecule has 0 saturated carbocycles. The van der Waals surface area contributed by atoms with Gasteiger partial charge in [0.05, 0.1) is 18.5 Å². The minimum Gasteiger partial charge on any atom is -0.436 e. The zero-order chi connectivity index (χ0) is 17.4. The third-order valence-corrected chi connectivity index (χ3v) is 4.56. The third kappa shape index (κ3) is 3.12. The highest BCUT2D eigenvalue weighted by atomic mass is 19.1. The highest BCUT2D eigenvalue weighted by Crippen LogP contribution is 2.25. The second-order valence-corrected chi connectivity index (χ2v) is 6.47. The summed E-state index contributed by atoms with van der Waals surface area (Å²) in [6.45, 7) is 2.08. The van der Waals surface area contributed by atoms with Crippen molar-refractivity contribution in [3.63, 3.8) is 0 Å². The molecule has 0 bridgehead atoms. The number of amides is 1. The molecule has 128 valence electrons. The van der Waals surface area contributed by atoms with Gasteiger partial charge in [0, 0.05) is 24.9 Å². The Balaban J connectivity index is 1.56. The van der Waals surface area contributed by atoms with Crippen LogP contribution in [0.5, 0.6) is 0 Å². The topological polar surface area (TPSA) is 59.2 Å². The lowest BCUT2D eigenvalue weighted by Crippen LogP contribution is -2.35. The van der Waals surface area contributed by atoms with Gasteiger partial charge in [0.25, 0.3) is 0 Å². The fourth-order valence-electron chi connectivity index (χ4n) is 3.28. The number of halogens is 1. The minimum absolute atomic E-state index is 0.0475. The average Bonchev–Trinajstić information content (AvgIpc) is 3.18. The molecule has 3 heterocycles. The standard InChI is InChI=1S/C19H18FN3O2/c1-12-7-15(20)11-23(12)18(24)9-13-4-5-16-17(8-13)25-19(22-16)14-3-2-6-21-10-14/h2-6,8,10,12,15H,7,9,11H2,1H3/t12-,15+/m1/s1. The molecule has 0 spiro atoms. The van der Waals surface area contributed by atoms with Crippen LogP contribution in [0.25, 0.3) is 22.6 Å². The number of rotatable bonds is 3. The molecule has 1 aliphatic heterocycles. The van der Waals surface area contributed by atoms with Gasteiger partial charge in [0.1, 0.15) is 11.7 Å². The number of nitrogens with zero attached hydrogens (tertiary/aromatic N) is 3. The van der Waals surface area contributed by atoms with E-state index in [0.717, 1.165) is 16.6 Å². The fourth-order valence-corrected chi connectivity index (χ4v) is 3.28. The van der Waals surface area contributed by atoms with Crippen LogP contribution in [0.2, 0.25) is 0 Å². The van der Waals surface area contributed by atoms with E-state index in [4.69, 9.17) is 4.42 Å². The molecular formula is C19H18FN3O2. The quantitative estimate of drug-likeness (QED) is 0.734. The van der Waals surface area contributed by atoms with Gasteiger partial charge in [-0.05, 0) is 36.8 Å². The number of carbonyl (C=O) groups is 1. The number of pyridine rings is 1. The molecular weight excluding hydrogens is 321 g/mol. The van der Waals surface area contributed by atoms with Crippen LogP contribution < -0.4 is 0 Å². The molecule has 0 radical (unpaired) electrons. The Morgan fingerprint density at radius 2 is 2.28 bits per heavy atom. The van der Waals surface area contributed by atoms with E-state index in [2.05, 4.69) is 9.97 Å². The number of hydrogen-bond donors (Lipinski definition) is 0. The van der Waals surface area contributed by atoms with Gasteiger partial charge in [-0.15, -0.1) is 0 Å². The molecule has 0 unspecified atom stereocenters. The molecule has 0 aliphatic carbocycles. The molecule has 0 N–H and O–H groups in total. The third-order valence-electron chi connectivity index (χ3n) is 4.56. The van der Waals surface area contributed by atoms with Gasteiger partial charge in [-0.3, -0.25) is 9.78 Å². The molecule has 25 heavy (non-hydrogen) atoms. The Bertz CT molecular complexity index is 909. The lowest BCUT2D eigenvalue weighted by atomic mass is 10.1. The first-order chi connectivity index (χ1) is 12.1. The normalized spacial score (nSPS) is 20.3. The summed E-state index contributed by atoms with van der Waals surface area (Å²) in [6.07, 6.45) is 3.11. The van der Waals surface area contributed by atoms with E-state index in [1.54, 1.807) is 17.3 Å². The van der Waals surface area contributed by atoms with E-state index in [1.165, 1.54) is 0 Å². The molecule has 2 aromatic heterocycles. The Hall–Kier alpha value is -2.76. The second-order valence-electron chi connectivity index (χ2n) is 6.47. The zero-order valence-electron chi connectivity index (χ0n) is 13.9. The Morgan fingerprint density at radius 1 is 1.40 bits per heavy atom. The van der Waals surface area contributed by atoms with E-state index in [1.807, 2.05) is 37.3 Å². The predicted molar refractivity (Wildman–Crippen MR) is 91.6 cm³/mol. The molecule has 3 aromatic rings. The first kappa shape index (κ1) is 15.7. The number of fused-ring (bicyclic) bond motifs is 1. The fraction of sp³-hybridized carbons (Fsp3) is 0.316. The van der Waals surface area contributed by atoms with Crippen LogP contribution in [-0.2, 0) is 11.2 Å². The Kier molecular flexibility index (Phi) is 3.95. The summed E-state index contributed by atoms with van der Waals surface area (Å²) in [5.74, 6) is 0.444. The first-order valence-corrected chi connectivity index (χ1v) is 8.33. The zero-order valence-corrected chi connectivity index (χ0v) is 13.9. The number of hydrogen-bond acceptors (Lipinski definition) is 4. The van der Waals surface area contributed by atoms with Crippen molar-refractivity contribution in [1.82, 2.24) is 14.9 Å². The van der Waals surface area contributed by atoms with Gasteiger partial charge in [-0.2, -0.15) is 0 Å². The molecule has 1 aromatic carbocycles. The van der Waals surface area contributed by atoms with Crippen molar-refractivity contribution in [2.45, 2.75) is 32.0 Å². The van der Waals surface area contributed by atoms with Crippen molar-refractivity contribution in [3.05, 3.63) is 48.3 Å². The van der Waals surface area contributed by atoms with E-state index >= 15 is 0 Å². The van der Waals surface area contributed by atoms with Gasteiger partial charge in [-0.1, -0.05) is 6.07 Å². The Morgan fingerprint density at radius 3 is 3.00 bits per heavy atom. The van der Waals surface area contributed by atoms with Crippen LogP contribution in [0.15, 0.2) is 47.1 Å². The predicted octanol–water partition coefficient (Wildman–Crippen LogP) is 3.39. The summed E-state index contributed by atoms with van der Waals surface area (Å²) in [7, 11) is 0. The van der Waals surface area contributed by atoms with Crippen LogP contribution in [-0.4, -0.2) is 39.5 Å². The molecule has 2 atom stereocenters. The van der Waals surface area contributed by atoms with Crippen molar-refractivity contribution in [1.29, 1.82) is 0 Å². The van der Waals surface area contributed by atoms with Gasteiger partial charge >= 0.3 is 0 Å². The van der Waals surface area contributed by atoms with Gasteiger partial charge in [0.15, 0.2) is 5.58 Å². The highest BCUT2D eigenvalue weighted by Gasteiger charge is 2.32. The van der Waals surface area contributed by atoms with E-state index < -0.39 is 6.17 Å². The molecule has 1 saturated heterocycles. The molecule has 1 amide bonds. The monoisotopic (exact) mass is 339 g/mol. The number of carbonyl (C=O) groups excluding carboxylic acids is 1. The van der Waals surface area contributed by atoms with Crippen LogP contribution in [0.3, 0.4) is 0 Å². The van der Waals surface area contributed by atoms with Crippen molar-refractivity contribution in [3.8, 4) is 11.5 Å². The van der Waals surface area contributed by atoms with Crippen molar-refractivity contribution >= 4 is 17.0 Å². The summed E-state index contributed by atoms with van der Waals surface area (Å²) in [5, 5.41) is 0. The summed E-state index contributed by atoms with van der Waals surface area (Å²) < 4.78 is 19.3. The molecule has 1 aliphatic rings. The van der Waals surface area contributed by atoms with Crippen molar-refractivity contribution < 1.29 is 13.6 Å². The summed E-state index contributed by atoms with van der Waals surface area (Å²) in [4.78, 5) is 22.6. The van der Waals surface area contributed by atoms with Gasteiger partial charge in [0.2, 0.25) is 11.8 Å². The molecule has 1 fully saturated rings. The lowest BCUT2D eigenvalue weighted by molar-refractivity contribution is -0.131. The number of benzene rings is 1. The number of aromatic nitrogens is 2. The first-order valence-electron chi connectivity index (χ1n) is 8.33. The number of oxazole rings is 1. The summed E-state index contributed by atoms with van der Waals surface area (Å²) in [5.41, 5.74) is 2.99. The van der Waals surface area contributed by atoms with E-state index in [-0.39, 0.29) is 24.9 Å². The van der Waals surface area contributed by atoms with Gasteiger partial charge < -0.3 is 9.32 Å². The largest absolute Gasteiger partial charge is 0.436 e. The van der Waals surface area contributed by atoms with Crippen LogP contribution in [0, 0.1) is 0 Å².